The number of aromatic hydroxyl groups is 1. The number of nitrogens with zero attached hydrogens (tertiary/aromatic N) is 4. The predicted molar refractivity (Wildman–Crippen MR) is 122 cm³/mol. The van der Waals surface area contributed by atoms with Gasteiger partial charge in [-0.3, -0.25) is 0 Å². The minimum Gasteiger partial charge on any atom is -0.504 e. The van der Waals surface area contributed by atoms with Crippen molar-refractivity contribution in [3.8, 4) is 27.7 Å². The summed E-state index contributed by atoms with van der Waals surface area (Å²) >= 11 is 1.47. The Morgan fingerprint density at radius 3 is 2.72 bits per heavy atom. The van der Waals surface area contributed by atoms with Crippen LogP contribution in [0.1, 0.15) is 18.1 Å². The van der Waals surface area contributed by atoms with Crippen LogP contribution in [0.25, 0.3) is 20.7 Å². The first-order valence-electron chi connectivity index (χ1n) is 9.92. The zero-order chi connectivity index (χ0) is 22.7. The third-order valence-corrected chi connectivity index (χ3v) is 6.15. The van der Waals surface area contributed by atoms with Gasteiger partial charge in [-0.05, 0) is 49.2 Å². The summed E-state index contributed by atoms with van der Waals surface area (Å²) in [5.41, 5.74) is 3.29. The molecule has 0 aliphatic rings. The van der Waals surface area contributed by atoms with Crippen LogP contribution >= 0.6 is 11.3 Å². The van der Waals surface area contributed by atoms with Crippen molar-refractivity contribution in [1.29, 1.82) is 0 Å². The molecule has 0 saturated heterocycles. The molecule has 1 N–H and O–H groups in total. The Bertz CT molecular complexity index is 1310. The molecule has 0 amide bonds. The second-order valence-electron chi connectivity index (χ2n) is 6.91. The highest BCUT2D eigenvalue weighted by Gasteiger charge is 2.18. The van der Waals surface area contributed by atoms with E-state index in [9.17, 15) is 9.50 Å². The number of phenolic OH excluding ortho intramolecular Hbond substituents is 1. The van der Waals surface area contributed by atoms with Crippen LogP contribution in [0.2, 0.25) is 0 Å². The topological polar surface area (TPSA) is 89.2 Å². The molecule has 0 radical (unpaired) electrons. The number of hydrogen-bond donors (Lipinski definition) is 1. The molecule has 0 bridgehead atoms. The van der Waals surface area contributed by atoms with Gasteiger partial charge in [0.25, 0.3) is 0 Å². The smallest absolute Gasteiger partial charge is 0.195 e. The summed E-state index contributed by atoms with van der Waals surface area (Å²) in [6.45, 7) is 4.52. The van der Waals surface area contributed by atoms with Crippen LogP contribution in [0.15, 0.2) is 53.0 Å². The van der Waals surface area contributed by atoms with Crippen molar-refractivity contribution in [2.75, 3.05) is 13.7 Å². The number of fused-ring (bicyclic) bond motifs is 1. The number of phenols is 1. The zero-order valence-corrected chi connectivity index (χ0v) is 18.6. The van der Waals surface area contributed by atoms with Crippen LogP contribution < -0.4 is 9.47 Å². The Morgan fingerprint density at radius 2 is 1.97 bits per heavy atom. The number of ether oxygens (including phenoxy) is 2. The number of aromatic nitrogens is 2. The van der Waals surface area contributed by atoms with Gasteiger partial charge in [-0.25, -0.2) is 14.4 Å². The van der Waals surface area contributed by atoms with Crippen LogP contribution in [-0.4, -0.2) is 28.8 Å². The SMILES string of the molecule is CCOc1cc(F)ccc1-c1sc2c(N=NCc3ccc(OC)c(O)c3)ncnc2c1C. The average Bonchev–Trinajstić information content (AvgIpc) is 3.12. The first-order chi connectivity index (χ1) is 15.5. The molecule has 0 aliphatic carbocycles. The van der Waals surface area contributed by atoms with Crippen molar-refractivity contribution >= 4 is 27.4 Å². The fourth-order valence-electron chi connectivity index (χ4n) is 3.32. The number of aryl methyl sites for hydroxylation is 1. The van der Waals surface area contributed by atoms with Crippen molar-refractivity contribution < 1.29 is 19.0 Å². The molecule has 2 aromatic heterocycles. The second kappa shape index (κ2) is 9.27. The van der Waals surface area contributed by atoms with Gasteiger partial charge in [0.15, 0.2) is 17.3 Å². The summed E-state index contributed by atoms with van der Waals surface area (Å²) in [6, 6.07) is 9.59. The highest BCUT2D eigenvalue weighted by Crippen LogP contribution is 2.43. The molecule has 0 saturated carbocycles. The van der Waals surface area contributed by atoms with E-state index >= 15 is 0 Å². The van der Waals surface area contributed by atoms with Crippen molar-refractivity contribution in [3.05, 3.63) is 59.7 Å². The fourth-order valence-corrected chi connectivity index (χ4v) is 4.54. The molecule has 9 heteroatoms. The normalized spacial score (nSPS) is 11.4. The maximum absolute atomic E-state index is 13.8. The van der Waals surface area contributed by atoms with Crippen molar-refractivity contribution in [3.63, 3.8) is 0 Å². The number of hydrogen-bond acceptors (Lipinski definition) is 8. The van der Waals surface area contributed by atoms with Gasteiger partial charge in [-0.1, -0.05) is 6.07 Å². The quantitative estimate of drug-likeness (QED) is 0.337. The summed E-state index contributed by atoms with van der Waals surface area (Å²) in [7, 11) is 1.50. The maximum atomic E-state index is 13.8. The van der Waals surface area contributed by atoms with Crippen LogP contribution in [-0.2, 0) is 6.54 Å². The van der Waals surface area contributed by atoms with E-state index in [4.69, 9.17) is 9.47 Å². The van der Waals surface area contributed by atoms with Crippen LogP contribution in [0.5, 0.6) is 17.2 Å². The molecular weight excluding hydrogens is 431 g/mol. The summed E-state index contributed by atoms with van der Waals surface area (Å²) < 4.78 is 25.2. The molecule has 4 aromatic rings. The highest BCUT2D eigenvalue weighted by atomic mass is 32.1. The largest absolute Gasteiger partial charge is 0.504 e. The molecule has 164 valence electrons. The monoisotopic (exact) mass is 452 g/mol. The van der Waals surface area contributed by atoms with E-state index in [0.717, 1.165) is 31.8 Å². The van der Waals surface area contributed by atoms with E-state index in [1.165, 1.54) is 36.9 Å². The fraction of sp³-hybridized carbons (Fsp3) is 0.217. The van der Waals surface area contributed by atoms with E-state index in [2.05, 4.69) is 20.2 Å². The molecule has 0 spiro atoms. The van der Waals surface area contributed by atoms with Gasteiger partial charge in [0.2, 0.25) is 0 Å². The summed E-state index contributed by atoms with van der Waals surface area (Å²) in [6.07, 6.45) is 1.45. The Morgan fingerprint density at radius 1 is 1.12 bits per heavy atom. The molecule has 2 aromatic carbocycles. The van der Waals surface area contributed by atoms with Gasteiger partial charge in [0.05, 0.1) is 25.8 Å². The third kappa shape index (κ3) is 4.24. The zero-order valence-electron chi connectivity index (χ0n) is 17.8. The number of azo groups is 1. The minimum absolute atomic E-state index is 0.0487. The molecule has 32 heavy (non-hydrogen) atoms. The van der Waals surface area contributed by atoms with Crippen LogP contribution in [0.4, 0.5) is 10.2 Å². The van der Waals surface area contributed by atoms with Gasteiger partial charge in [-0.15, -0.1) is 16.5 Å². The van der Waals surface area contributed by atoms with Gasteiger partial charge in [0.1, 0.15) is 22.6 Å². The van der Waals surface area contributed by atoms with Crippen LogP contribution in [0.3, 0.4) is 0 Å². The number of thiophene rings is 1. The van der Waals surface area contributed by atoms with E-state index in [1.807, 2.05) is 19.9 Å². The minimum atomic E-state index is -0.352. The Kier molecular flexibility index (Phi) is 6.27. The standard InChI is InChI=1S/C23H21FN4O3S/c1-4-31-19-10-15(24)6-7-16(19)21-13(2)20-22(32-21)23(26-12-25-20)28-27-11-14-5-8-18(30-3)17(29)9-14/h5-10,12,29H,4,11H2,1-3H3. The van der Waals surface area contributed by atoms with Crippen molar-refractivity contribution in [2.24, 2.45) is 10.2 Å². The van der Waals surface area contributed by atoms with Crippen molar-refractivity contribution in [1.82, 2.24) is 9.97 Å². The first kappa shape index (κ1) is 21.6. The number of benzene rings is 2. The Hall–Kier alpha value is -3.59. The lowest BCUT2D eigenvalue weighted by Crippen LogP contribution is -1.94. The van der Waals surface area contributed by atoms with Gasteiger partial charge >= 0.3 is 0 Å². The van der Waals surface area contributed by atoms with E-state index in [-0.39, 0.29) is 18.1 Å². The van der Waals surface area contributed by atoms with Crippen LogP contribution in [0, 0.1) is 12.7 Å². The maximum Gasteiger partial charge on any atom is 0.195 e. The molecule has 4 rings (SSSR count). The van der Waals surface area contributed by atoms with Crippen molar-refractivity contribution in [2.45, 2.75) is 20.4 Å². The third-order valence-electron chi connectivity index (χ3n) is 4.84. The molecular formula is C23H21FN4O3S. The molecule has 7 nitrogen and oxygen atoms in total. The molecule has 0 aliphatic heterocycles. The van der Waals surface area contributed by atoms with Gasteiger partial charge < -0.3 is 14.6 Å². The lowest BCUT2D eigenvalue weighted by molar-refractivity contribution is 0.340. The average molecular weight is 453 g/mol. The molecule has 0 unspecified atom stereocenters. The number of methoxy groups -OCH3 is 1. The second-order valence-corrected chi connectivity index (χ2v) is 7.93. The first-order valence-corrected chi connectivity index (χ1v) is 10.7. The van der Waals surface area contributed by atoms with Gasteiger partial charge in [-0.2, -0.15) is 5.11 Å². The number of halogens is 1. The highest BCUT2D eigenvalue weighted by molar-refractivity contribution is 7.23. The van der Waals surface area contributed by atoms with E-state index in [0.29, 0.717) is 23.9 Å². The van der Waals surface area contributed by atoms with Gasteiger partial charge in [0, 0.05) is 16.5 Å². The lowest BCUT2D eigenvalue weighted by Gasteiger charge is -2.09. The van der Waals surface area contributed by atoms with E-state index in [1.54, 1.807) is 18.2 Å². The molecule has 2 heterocycles. The lowest BCUT2D eigenvalue weighted by atomic mass is 10.1. The summed E-state index contributed by atoms with van der Waals surface area (Å²) in [5.74, 6) is 1.03. The van der Waals surface area contributed by atoms with E-state index < -0.39 is 0 Å². The Labute approximate surface area is 188 Å². The molecule has 0 atom stereocenters. The summed E-state index contributed by atoms with van der Waals surface area (Å²) in [4.78, 5) is 9.61. The predicted octanol–water partition coefficient (Wildman–Crippen LogP) is 6.20. The Balaban J connectivity index is 1.68. The summed E-state index contributed by atoms with van der Waals surface area (Å²) in [5, 5.41) is 18.5. The number of rotatable bonds is 7. The molecule has 0 fully saturated rings.